The number of hydrogen-bond acceptors (Lipinski definition) is 8. The number of amides is 6. The second kappa shape index (κ2) is 18.2. The molecule has 0 atom stereocenters. The molecule has 6 amide bonds. The van der Waals surface area contributed by atoms with Gasteiger partial charge in [0.1, 0.15) is 0 Å². The predicted molar refractivity (Wildman–Crippen MR) is 216 cm³/mol. The highest BCUT2D eigenvalue weighted by Crippen LogP contribution is 2.26. The predicted octanol–water partition coefficient (Wildman–Crippen LogP) is 5.79. The van der Waals surface area contributed by atoms with Crippen LogP contribution in [0.2, 0.25) is 0 Å². The number of aromatic amines is 1. The number of imide groups is 2. The van der Waals surface area contributed by atoms with Crippen LogP contribution in [0, 0.1) is 0 Å². The van der Waals surface area contributed by atoms with Crippen LogP contribution in [0.3, 0.4) is 0 Å². The Labute approximate surface area is 347 Å². The van der Waals surface area contributed by atoms with Gasteiger partial charge in [-0.05, 0) is 63.1 Å². The molecule has 4 aromatic rings. The van der Waals surface area contributed by atoms with E-state index in [1.807, 2.05) is 32.6 Å². The van der Waals surface area contributed by atoms with Crippen LogP contribution < -0.4 is 0 Å². The Balaban J connectivity index is 0.000000165. The van der Waals surface area contributed by atoms with Crippen molar-refractivity contribution in [2.45, 2.75) is 59.2 Å². The molecule has 2 aromatic carbocycles. The molecular formula is C42H43BrF2N8O6. The summed E-state index contributed by atoms with van der Waals surface area (Å²) in [5.74, 6) is -1.60. The van der Waals surface area contributed by atoms with E-state index in [9.17, 15) is 37.5 Å². The molecule has 59 heavy (non-hydrogen) atoms. The number of nitrogens with one attached hydrogen (secondary N) is 1. The molecule has 0 bridgehead atoms. The van der Waals surface area contributed by atoms with Crippen molar-refractivity contribution >= 4 is 51.4 Å². The van der Waals surface area contributed by atoms with Crippen molar-refractivity contribution < 1.29 is 37.5 Å². The summed E-state index contributed by atoms with van der Waals surface area (Å²) in [7, 11) is 0. The molecule has 4 aliphatic heterocycles. The van der Waals surface area contributed by atoms with Gasteiger partial charge >= 0.3 is 0 Å². The Morgan fingerprint density at radius 2 is 1.12 bits per heavy atom. The second-order valence-corrected chi connectivity index (χ2v) is 15.3. The van der Waals surface area contributed by atoms with Crippen LogP contribution in [0.4, 0.5) is 8.78 Å². The topological polar surface area (TPSA) is 162 Å². The number of nitrogens with zero attached hydrogens (tertiary/aromatic N) is 7. The number of alkyl halides is 1. The zero-order valence-corrected chi connectivity index (χ0v) is 34.5. The lowest BCUT2D eigenvalue weighted by Crippen LogP contribution is -2.41. The second-order valence-electron chi connectivity index (χ2n) is 14.8. The van der Waals surface area contributed by atoms with Crippen molar-refractivity contribution in [3.8, 4) is 0 Å². The van der Waals surface area contributed by atoms with E-state index in [-0.39, 0.29) is 66.2 Å². The SMILES string of the molecule is CC(C)N1CCc2[nH]ncc2C1=O.CC(C)N1CCc2nn(C/C(=C/F)CN3C(=O)c4ccccc4C3=O)cc2C1=O.O=C1c2ccccc2C(=O)N1C/C(=C\F)CBr. The van der Waals surface area contributed by atoms with Crippen molar-refractivity contribution in [2.24, 2.45) is 0 Å². The van der Waals surface area contributed by atoms with Crippen LogP contribution in [-0.4, -0.2) is 119 Å². The number of halogens is 3. The number of benzene rings is 2. The largest absolute Gasteiger partial charge is 0.336 e. The molecule has 0 unspecified atom stereocenters. The van der Waals surface area contributed by atoms with Gasteiger partial charge in [0.15, 0.2) is 0 Å². The first-order chi connectivity index (χ1) is 28.3. The molecule has 6 heterocycles. The lowest BCUT2D eigenvalue weighted by Gasteiger charge is -2.29. The first kappa shape index (κ1) is 42.5. The van der Waals surface area contributed by atoms with E-state index in [4.69, 9.17) is 0 Å². The van der Waals surface area contributed by atoms with Gasteiger partial charge in [0, 0.05) is 55.2 Å². The van der Waals surface area contributed by atoms with Gasteiger partial charge in [-0.25, -0.2) is 8.78 Å². The molecule has 14 nitrogen and oxygen atoms in total. The maximum absolute atomic E-state index is 13.6. The average Bonchev–Trinajstić information content (AvgIpc) is 4.00. The Morgan fingerprint density at radius 1 is 0.661 bits per heavy atom. The maximum atomic E-state index is 13.6. The number of fused-ring (bicyclic) bond motifs is 4. The third kappa shape index (κ3) is 8.70. The highest BCUT2D eigenvalue weighted by Gasteiger charge is 2.37. The van der Waals surface area contributed by atoms with E-state index >= 15 is 0 Å². The van der Waals surface area contributed by atoms with Crippen LogP contribution in [-0.2, 0) is 19.4 Å². The lowest BCUT2D eigenvalue weighted by molar-refractivity contribution is 0.0651. The van der Waals surface area contributed by atoms with E-state index < -0.39 is 11.8 Å². The zero-order valence-electron chi connectivity index (χ0n) is 33.0. The van der Waals surface area contributed by atoms with Crippen molar-refractivity contribution in [2.75, 3.05) is 31.5 Å². The Bertz CT molecular complexity index is 2300. The van der Waals surface area contributed by atoms with E-state index in [0.29, 0.717) is 64.7 Å². The minimum absolute atomic E-state index is 0.0197. The van der Waals surface area contributed by atoms with Gasteiger partial charge in [-0.15, -0.1) is 0 Å². The van der Waals surface area contributed by atoms with E-state index in [1.165, 1.54) is 4.68 Å². The van der Waals surface area contributed by atoms with Crippen LogP contribution >= 0.6 is 15.9 Å². The third-order valence-electron chi connectivity index (χ3n) is 10.3. The normalized spacial score (nSPS) is 16.3. The fourth-order valence-corrected chi connectivity index (χ4v) is 7.45. The molecule has 1 N–H and O–H groups in total. The molecule has 0 spiro atoms. The first-order valence-corrected chi connectivity index (χ1v) is 20.1. The highest BCUT2D eigenvalue weighted by molar-refractivity contribution is 9.09. The third-order valence-corrected chi connectivity index (χ3v) is 11.0. The Morgan fingerprint density at radius 3 is 1.58 bits per heavy atom. The monoisotopic (exact) mass is 872 g/mol. The molecule has 0 saturated carbocycles. The van der Waals surface area contributed by atoms with Gasteiger partial charge in [0.2, 0.25) is 0 Å². The van der Waals surface area contributed by atoms with Crippen LogP contribution in [0.1, 0.15) is 101 Å². The van der Waals surface area contributed by atoms with Crippen LogP contribution in [0.5, 0.6) is 0 Å². The molecular weight excluding hydrogens is 830 g/mol. The van der Waals surface area contributed by atoms with Gasteiger partial charge in [0.25, 0.3) is 35.4 Å². The van der Waals surface area contributed by atoms with Gasteiger partial charge < -0.3 is 9.80 Å². The number of H-pyrrole nitrogens is 1. The summed E-state index contributed by atoms with van der Waals surface area (Å²) in [5, 5.41) is 11.4. The van der Waals surface area contributed by atoms with Crippen molar-refractivity contribution in [1.29, 1.82) is 0 Å². The van der Waals surface area contributed by atoms with Gasteiger partial charge in [-0.1, -0.05) is 40.2 Å². The molecule has 17 heteroatoms. The summed E-state index contributed by atoms with van der Waals surface area (Å²) >= 11 is 3.10. The summed E-state index contributed by atoms with van der Waals surface area (Å²) < 4.78 is 27.5. The number of hydrogen-bond donors (Lipinski definition) is 1. The van der Waals surface area contributed by atoms with Crippen molar-refractivity contribution in [1.82, 2.24) is 39.6 Å². The van der Waals surface area contributed by atoms with Crippen LogP contribution in [0.15, 0.2) is 84.7 Å². The molecule has 8 rings (SSSR count). The maximum Gasteiger partial charge on any atom is 0.261 e. The number of aromatic nitrogens is 4. The molecule has 2 aromatic heterocycles. The molecule has 308 valence electrons. The Kier molecular flexibility index (Phi) is 13.1. The van der Waals surface area contributed by atoms with E-state index in [1.54, 1.807) is 65.8 Å². The molecule has 0 aliphatic carbocycles. The summed E-state index contributed by atoms with van der Waals surface area (Å²) in [4.78, 5) is 78.9. The molecule has 0 fully saturated rings. The van der Waals surface area contributed by atoms with Gasteiger partial charge in [0.05, 0.1) is 77.6 Å². The number of carbonyl (C=O) groups excluding carboxylic acids is 6. The lowest BCUT2D eigenvalue weighted by atomic mass is 10.1. The van der Waals surface area contributed by atoms with Gasteiger partial charge in [-0.3, -0.25) is 48.3 Å². The fourth-order valence-electron chi connectivity index (χ4n) is 7.15. The zero-order chi connectivity index (χ0) is 42.5. The van der Waals surface area contributed by atoms with Crippen molar-refractivity contribution in [3.63, 3.8) is 0 Å². The number of carbonyl (C=O) groups is 6. The summed E-state index contributed by atoms with van der Waals surface area (Å²) in [6, 6.07) is 13.5. The van der Waals surface area contributed by atoms with Gasteiger partial charge in [-0.2, -0.15) is 10.2 Å². The summed E-state index contributed by atoms with van der Waals surface area (Å²) in [5.41, 5.74) is 4.88. The van der Waals surface area contributed by atoms with Crippen molar-refractivity contribution in [3.05, 3.63) is 129 Å². The highest BCUT2D eigenvalue weighted by atomic mass is 79.9. The first-order valence-electron chi connectivity index (χ1n) is 19.0. The summed E-state index contributed by atoms with van der Waals surface area (Å²) in [6.07, 6.45) is 5.56. The number of rotatable bonds is 9. The van der Waals surface area contributed by atoms with E-state index in [2.05, 4.69) is 31.2 Å². The Hall–Kier alpha value is -6.10. The fraction of sp³-hybridized carbons (Fsp3) is 0.333. The van der Waals surface area contributed by atoms with Crippen LogP contribution in [0.25, 0.3) is 0 Å². The molecule has 0 radical (unpaired) electrons. The standard InChI is InChI=1S/C21H21FN4O3.C12H9BrFNO2.C9H13N3O/c1-13(2)25-8-7-18-17(21(25)29)12-24(23-18)10-14(9-22)11-26-19(27)15-5-3-4-6-16(15)20(26)28;13-5-8(6-14)7-15-11(16)9-3-1-2-4-10(9)12(15)17;1-6(2)12-4-3-8-7(9(12)13)5-10-11-8/h3-6,9,12-13H,7-8,10-11H2,1-2H3;1-4,6H,5,7H2;5-6H,3-4H2,1-2H3,(H,10,11)/b14-9-;8-6-;. The average molecular weight is 874 g/mol. The quantitative estimate of drug-likeness (QED) is 0.164. The minimum atomic E-state index is -0.438. The minimum Gasteiger partial charge on any atom is -0.336 e. The van der Waals surface area contributed by atoms with E-state index in [0.717, 1.165) is 34.0 Å². The molecule has 4 aliphatic rings. The molecule has 0 saturated heterocycles. The summed E-state index contributed by atoms with van der Waals surface area (Å²) in [6.45, 7) is 9.23. The smallest absolute Gasteiger partial charge is 0.261 e.